The lowest BCUT2D eigenvalue weighted by molar-refractivity contribution is 0.0600. The van der Waals surface area contributed by atoms with Crippen molar-refractivity contribution in [2.75, 3.05) is 18.6 Å². The van der Waals surface area contributed by atoms with Crippen LogP contribution in [0.4, 0.5) is 0 Å². The second-order valence-electron chi connectivity index (χ2n) is 5.35. The van der Waals surface area contributed by atoms with Crippen LogP contribution in [-0.2, 0) is 14.6 Å². The number of rotatable bonds is 5. The van der Waals surface area contributed by atoms with Gasteiger partial charge in [-0.05, 0) is 38.0 Å². The average Bonchev–Trinajstić information content (AvgIpc) is 2.89. The van der Waals surface area contributed by atoms with Crippen LogP contribution in [0.25, 0.3) is 0 Å². The van der Waals surface area contributed by atoms with Crippen LogP contribution in [0.2, 0.25) is 0 Å². The van der Waals surface area contributed by atoms with Crippen LogP contribution >= 0.6 is 0 Å². The lowest BCUT2D eigenvalue weighted by Gasteiger charge is -2.30. The normalized spacial score (nSPS) is 35.5. The van der Waals surface area contributed by atoms with E-state index in [0.29, 0.717) is 12.3 Å². The van der Waals surface area contributed by atoms with Crippen molar-refractivity contribution in [3.05, 3.63) is 0 Å². The van der Waals surface area contributed by atoms with Gasteiger partial charge in [-0.1, -0.05) is 0 Å². The molecule has 0 amide bonds. The highest BCUT2D eigenvalue weighted by atomic mass is 32.2. The molecule has 2 fully saturated rings. The minimum absolute atomic E-state index is 0.173. The van der Waals surface area contributed by atoms with Gasteiger partial charge in [0.25, 0.3) is 0 Å². The number of ether oxygens (including phenoxy) is 1. The van der Waals surface area contributed by atoms with Crippen molar-refractivity contribution in [3.8, 4) is 0 Å². The lowest BCUT2D eigenvalue weighted by atomic mass is 9.85. The van der Waals surface area contributed by atoms with Crippen LogP contribution < -0.4 is 5.73 Å². The molecule has 16 heavy (non-hydrogen) atoms. The summed E-state index contributed by atoms with van der Waals surface area (Å²) in [4.78, 5) is 0. The zero-order valence-electron chi connectivity index (χ0n) is 9.81. The lowest BCUT2D eigenvalue weighted by Crippen LogP contribution is -2.48. The van der Waals surface area contributed by atoms with E-state index < -0.39 is 9.84 Å². The molecule has 1 heterocycles. The van der Waals surface area contributed by atoms with Gasteiger partial charge >= 0.3 is 0 Å². The molecule has 94 valence electrons. The molecule has 2 aliphatic rings. The van der Waals surface area contributed by atoms with Gasteiger partial charge in [0, 0.05) is 24.2 Å². The molecule has 4 nitrogen and oxygen atoms in total. The standard InChI is InChI=1S/C11H21NO3S/c1-16(13,14)8-2-5-11(12)6-7-15-10(11)9-3-4-9/h9-10H,2-8,12H2,1H3. The minimum atomic E-state index is -2.86. The summed E-state index contributed by atoms with van der Waals surface area (Å²) in [5.74, 6) is 0.870. The molecular formula is C11H21NO3S. The van der Waals surface area contributed by atoms with Crippen LogP contribution in [-0.4, -0.2) is 38.7 Å². The molecule has 0 bridgehead atoms. The molecule has 2 N–H and O–H groups in total. The van der Waals surface area contributed by atoms with E-state index in [1.807, 2.05) is 0 Å². The van der Waals surface area contributed by atoms with Crippen LogP contribution in [0.5, 0.6) is 0 Å². The van der Waals surface area contributed by atoms with Gasteiger partial charge in [-0.25, -0.2) is 8.42 Å². The van der Waals surface area contributed by atoms with E-state index in [-0.39, 0.29) is 17.4 Å². The molecule has 2 atom stereocenters. The van der Waals surface area contributed by atoms with E-state index in [4.69, 9.17) is 10.5 Å². The fraction of sp³-hybridized carbons (Fsp3) is 1.00. The van der Waals surface area contributed by atoms with Gasteiger partial charge in [0.15, 0.2) is 0 Å². The Bertz CT molecular complexity index is 350. The van der Waals surface area contributed by atoms with Gasteiger partial charge in [0.2, 0.25) is 0 Å². The SMILES string of the molecule is CS(=O)(=O)CCCC1(N)CCOC1C1CC1. The van der Waals surface area contributed by atoms with Crippen molar-refractivity contribution in [2.24, 2.45) is 11.7 Å². The molecule has 5 heteroatoms. The molecule has 0 aromatic carbocycles. The zero-order valence-corrected chi connectivity index (χ0v) is 10.6. The summed E-state index contributed by atoms with van der Waals surface area (Å²) in [5, 5.41) is 0. The van der Waals surface area contributed by atoms with Crippen molar-refractivity contribution in [2.45, 2.75) is 43.7 Å². The Kier molecular flexibility index (Phi) is 3.29. The highest BCUT2D eigenvalue weighted by molar-refractivity contribution is 7.90. The van der Waals surface area contributed by atoms with Crippen molar-refractivity contribution in [1.82, 2.24) is 0 Å². The monoisotopic (exact) mass is 247 g/mol. The summed E-state index contributed by atoms with van der Waals surface area (Å²) >= 11 is 0. The first-order chi connectivity index (χ1) is 7.41. The molecule has 2 unspecified atom stereocenters. The minimum Gasteiger partial charge on any atom is -0.376 e. The maximum atomic E-state index is 11.1. The second-order valence-corrected chi connectivity index (χ2v) is 7.61. The third kappa shape index (κ3) is 2.96. The third-order valence-electron chi connectivity index (χ3n) is 3.64. The largest absolute Gasteiger partial charge is 0.376 e. The number of hydrogen-bond acceptors (Lipinski definition) is 4. The summed E-state index contributed by atoms with van der Waals surface area (Å²) in [7, 11) is -2.86. The summed E-state index contributed by atoms with van der Waals surface area (Å²) in [6.07, 6.45) is 6.18. The van der Waals surface area contributed by atoms with Crippen molar-refractivity contribution >= 4 is 9.84 Å². The Morgan fingerprint density at radius 2 is 2.12 bits per heavy atom. The maximum Gasteiger partial charge on any atom is 0.147 e. The Morgan fingerprint density at radius 1 is 1.44 bits per heavy atom. The molecule has 1 aliphatic heterocycles. The Balaban J connectivity index is 1.86. The predicted molar refractivity (Wildman–Crippen MR) is 62.9 cm³/mol. The van der Waals surface area contributed by atoms with Gasteiger partial charge in [0.05, 0.1) is 6.10 Å². The van der Waals surface area contributed by atoms with Crippen LogP contribution in [0.15, 0.2) is 0 Å². The first-order valence-corrected chi connectivity index (χ1v) is 8.05. The zero-order chi connectivity index (χ0) is 11.8. The highest BCUT2D eigenvalue weighted by Gasteiger charge is 2.48. The fourth-order valence-electron chi connectivity index (χ4n) is 2.62. The third-order valence-corrected chi connectivity index (χ3v) is 4.67. The van der Waals surface area contributed by atoms with Crippen molar-refractivity contribution in [1.29, 1.82) is 0 Å². The van der Waals surface area contributed by atoms with Gasteiger partial charge in [0.1, 0.15) is 9.84 Å². The Labute approximate surface area is 97.5 Å². The topological polar surface area (TPSA) is 69.4 Å². The van der Waals surface area contributed by atoms with E-state index in [1.165, 1.54) is 19.1 Å². The smallest absolute Gasteiger partial charge is 0.147 e. The van der Waals surface area contributed by atoms with Crippen LogP contribution in [0.1, 0.15) is 32.1 Å². The molecular weight excluding hydrogens is 226 g/mol. The second kappa shape index (κ2) is 4.27. The maximum absolute atomic E-state index is 11.1. The molecule has 1 saturated carbocycles. The van der Waals surface area contributed by atoms with E-state index in [0.717, 1.165) is 19.4 Å². The average molecular weight is 247 g/mol. The summed E-state index contributed by atoms with van der Waals surface area (Å²) in [6.45, 7) is 0.733. The van der Waals surface area contributed by atoms with E-state index in [1.54, 1.807) is 0 Å². The molecule has 0 aromatic heterocycles. The summed E-state index contributed by atoms with van der Waals surface area (Å²) in [5.41, 5.74) is 6.08. The Morgan fingerprint density at radius 3 is 2.69 bits per heavy atom. The number of nitrogens with two attached hydrogens (primary N) is 1. The van der Waals surface area contributed by atoms with Gasteiger partial charge in [-0.2, -0.15) is 0 Å². The van der Waals surface area contributed by atoms with Crippen LogP contribution in [0.3, 0.4) is 0 Å². The predicted octanol–water partition coefficient (Wildman–Crippen LogP) is 0.708. The quantitative estimate of drug-likeness (QED) is 0.776. The highest BCUT2D eigenvalue weighted by Crippen LogP contribution is 2.43. The van der Waals surface area contributed by atoms with E-state index in [9.17, 15) is 8.42 Å². The summed E-state index contributed by atoms with van der Waals surface area (Å²) < 4.78 is 27.8. The molecule has 0 spiro atoms. The number of sulfone groups is 1. The van der Waals surface area contributed by atoms with Crippen LogP contribution in [0, 0.1) is 5.92 Å². The van der Waals surface area contributed by atoms with Crippen molar-refractivity contribution in [3.63, 3.8) is 0 Å². The molecule has 0 aromatic rings. The molecule has 0 radical (unpaired) electrons. The number of hydrogen-bond donors (Lipinski definition) is 1. The molecule has 1 aliphatic carbocycles. The first-order valence-electron chi connectivity index (χ1n) is 5.99. The van der Waals surface area contributed by atoms with E-state index >= 15 is 0 Å². The van der Waals surface area contributed by atoms with E-state index in [2.05, 4.69) is 0 Å². The first kappa shape index (κ1) is 12.3. The molecule has 1 saturated heterocycles. The fourth-order valence-corrected chi connectivity index (χ4v) is 3.29. The van der Waals surface area contributed by atoms with Crippen molar-refractivity contribution < 1.29 is 13.2 Å². The van der Waals surface area contributed by atoms with Gasteiger partial charge < -0.3 is 10.5 Å². The molecule has 2 rings (SSSR count). The Hall–Kier alpha value is -0.130. The summed E-state index contributed by atoms with van der Waals surface area (Å²) in [6, 6.07) is 0. The van der Waals surface area contributed by atoms with Gasteiger partial charge in [-0.15, -0.1) is 0 Å². The van der Waals surface area contributed by atoms with Gasteiger partial charge in [-0.3, -0.25) is 0 Å².